The molecular weight excluding hydrogens is 387 g/mol. The number of halogens is 2. The molecule has 6 nitrogen and oxygen atoms in total. The fourth-order valence-electron chi connectivity index (χ4n) is 2.37. The average Bonchev–Trinajstić information content (AvgIpc) is 3.11. The SMILES string of the molecule is CC(C(=O)Nc1cccc(Cl)c1)n1ccc(C(=O)Nc2cccc(Cl)c2)n1. The van der Waals surface area contributed by atoms with Crippen molar-refractivity contribution in [2.75, 3.05) is 10.6 Å². The first kappa shape index (κ1) is 18.9. The molecule has 8 heteroatoms. The number of anilines is 2. The molecule has 0 radical (unpaired) electrons. The van der Waals surface area contributed by atoms with Crippen LogP contribution in [0.1, 0.15) is 23.5 Å². The summed E-state index contributed by atoms with van der Waals surface area (Å²) in [5.41, 5.74) is 1.34. The molecule has 1 unspecified atom stereocenters. The van der Waals surface area contributed by atoms with E-state index in [2.05, 4.69) is 15.7 Å². The van der Waals surface area contributed by atoms with Crippen LogP contribution in [-0.4, -0.2) is 21.6 Å². The smallest absolute Gasteiger partial charge is 0.276 e. The molecule has 0 aliphatic heterocycles. The monoisotopic (exact) mass is 402 g/mol. The van der Waals surface area contributed by atoms with E-state index in [0.717, 1.165) is 0 Å². The molecule has 2 aromatic carbocycles. The molecular formula is C19H16Cl2N4O2. The first-order chi connectivity index (χ1) is 12.9. The molecule has 0 bridgehead atoms. The first-order valence-electron chi connectivity index (χ1n) is 8.11. The Balaban J connectivity index is 1.67. The van der Waals surface area contributed by atoms with Crippen molar-refractivity contribution in [2.45, 2.75) is 13.0 Å². The number of rotatable bonds is 5. The van der Waals surface area contributed by atoms with Gasteiger partial charge >= 0.3 is 0 Å². The number of aromatic nitrogens is 2. The largest absolute Gasteiger partial charge is 0.324 e. The molecule has 3 aromatic rings. The standard InChI is InChI=1S/C19H16Cl2N4O2/c1-12(18(26)22-15-6-2-4-13(20)10-15)25-9-8-17(24-25)19(27)23-16-7-3-5-14(21)11-16/h2-12H,1H3,(H,22,26)(H,23,27). The quantitative estimate of drug-likeness (QED) is 0.652. The van der Waals surface area contributed by atoms with Gasteiger partial charge in [-0.05, 0) is 49.4 Å². The fraction of sp³-hybridized carbons (Fsp3) is 0.105. The van der Waals surface area contributed by atoms with Gasteiger partial charge in [0.05, 0.1) is 0 Å². The molecule has 0 saturated carbocycles. The van der Waals surface area contributed by atoms with Crippen LogP contribution >= 0.6 is 23.2 Å². The number of carbonyl (C=O) groups excluding carboxylic acids is 2. The normalized spacial score (nSPS) is 11.7. The summed E-state index contributed by atoms with van der Waals surface area (Å²) in [5.74, 6) is -0.666. The lowest BCUT2D eigenvalue weighted by Gasteiger charge is -2.13. The molecule has 1 heterocycles. The summed E-state index contributed by atoms with van der Waals surface area (Å²) in [7, 11) is 0. The summed E-state index contributed by atoms with van der Waals surface area (Å²) in [6, 6.07) is 14.6. The van der Waals surface area contributed by atoms with E-state index >= 15 is 0 Å². The summed E-state index contributed by atoms with van der Waals surface area (Å²) < 4.78 is 1.42. The maximum Gasteiger partial charge on any atom is 0.276 e. The van der Waals surface area contributed by atoms with E-state index in [1.165, 1.54) is 4.68 Å². The number of nitrogens with zero attached hydrogens (tertiary/aromatic N) is 2. The van der Waals surface area contributed by atoms with Crippen molar-refractivity contribution in [1.29, 1.82) is 0 Å². The summed E-state index contributed by atoms with van der Waals surface area (Å²) >= 11 is 11.8. The highest BCUT2D eigenvalue weighted by Gasteiger charge is 2.18. The van der Waals surface area contributed by atoms with Crippen molar-refractivity contribution >= 4 is 46.4 Å². The minimum absolute atomic E-state index is 0.192. The minimum Gasteiger partial charge on any atom is -0.324 e. The fourth-order valence-corrected chi connectivity index (χ4v) is 2.75. The molecule has 2 amide bonds. The van der Waals surface area contributed by atoms with Crippen LogP contribution in [0, 0.1) is 0 Å². The highest BCUT2D eigenvalue weighted by molar-refractivity contribution is 6.31. The van der Waals surface area contributed by atoms with Crippen LogP contribution in [0.15, 0.2) is 60.8 Å². The Morgan fingerprint density at radius 1 is 0.963 bits per heavy atom. The average molecular weight is 403 g/mol. The number of amides is 2. The Labute approximate surface area is 166 Å². The lowest BCUT2D eigenvalue weighted by Crippen LogP contribution is -2.24. The van der Waals surface area contributed by atoms with Gasteiger partial charge in [0.15, 0.2) is 5.69 Å². The molecule has 0 aliphatic rings. The van der Waals surface area contributed by atoms with E-state index in [9.17, 15) is 9.59 Å². The molecule has 0 saturated heterocycles. The van der Waals surface area contributed by atoms with Crippen molar-refractivity contribution in [3.63, 3.8) is 0 Å². The Kier molecular flexibility index (Phi) is 5.78. The van der Waals surface area contributed by atoms with Crippen LogP contribution in [0.5, 0.6) is 0 Å². The van der Waals surface area contributed by atoms with E-state index in [4.69, 9.17) is 23.2 Å². The maximum absolute atomic E-state index is 12.4. The zero-order chi connectivity index (χ0) is 19.4. The summed E-state index contributed by atoms with van der Waals surface area (Å²) in [6.45, 7) is 1.69. The Morgan fingerprint density at radius 3 is 2.15 bits per heavy atom. The van der Waals surface area contributed by atoms with Gasteiger partial charge in [-0.2, -0.15) is 5.10 Å². The van der Waals surface area contributed by atoms with Crippen molar-refractivity contribution in [2.24, 2.45) is 0 Å². The number of hydrogen-bond acceptors (Lipinski definition) is 3. The second-order valence-electron chi connectivity index (χ2n) is 5.82. The Bertz CT molecular complexity index is 987. The maximum atomic E-state index is 12.4. The minimum atomic E-state index is -0.614. The lowest BCUT2D eigenvalue weighted by molar-refractivity contribution is -0.119. The van der Waals surface area contributed by atoms with E-state index in [1.807, 2.05) is 0 Å². The molecule has 0 fully saturated rings. The van der Waals surface area contributed by atoms with E-state index in [1.54, 1.807) is 67.7 Å². The van der Waals surface area contributed by atoms with Crippen LogP contribution in [-0.2, 0) is 4.79 Å². The highest BCUT2D eigenvalue weighted by atomic mass is 35.5. The molecule has 27 heavy (non-hydrogen) atoms. The predicted octanol–water partition coefficient (Wildman–Crippen LogP) is 4.64. The number of carbonyl (C=O) groups is 2. The molecule has 2 N–H and O–H groups in total. The third-order valence-corrected chi connectivity index (χ3v) is 4.26. The number of hydrogen-bond donors (Lipinski definition) is 2. The summed E-state index contributed by atoms with van der Waals surface area (Å²) in [4.78, 5) is 24.7. The summed E-state index contributed by atoms with van der Waals surface area (Å²) in [6.07, 6.45) is 1.58. The topological polar surface area (TPSA) is 76.0 Å². The first-order valence-corrected chi connectivity index (χ1v) is 8.86. The van der Waals surface area contributed by atoms with Gasteiger partial charge in [-0.1, -0.05) is 35.3 Å². The van der Waals surface area contributed by atoms with E-state index < -0.39 is 11.9 Å². The van der Waals surface area contributed by atoms with Crippen LogP contribution < -0.4 is 10.6 Å². The van der Waals surface area contributed by atoms with Crippen molar-refractivity contribution in [3.05, 3.63) is 76.5 Å². The zero-order valence-electron chi connectivity index (χ0n) is 14.3. The Morgan fingerprint density at radius 2 is 1.56 bits per heavy atom. The molecule has 1 aromatic heterocycles. The van der Waals surface area contributed by atoms with Gasteiger partial charge in [-0.25, -0.2) is 0 Å². The van der Waals surface area contributed by atoms with Crippen LogP contribution in [0.4, 0.5) is 11.4 Å². The van der Waals surface area contributed by atoms with Gasteiger partial charge in [-0.15, -0.1) is 0 Å². The molecule has 0 spiro atoms. The Hall–Kier alpha value is -2.83. The third-order valence-electron chi connectivity index (χ3n) is 3.79. The van der Waals surface area contributed by atoms with Crippen molar-refractivity contribution in [3.8, 4) is 0 Å². The summed E-state index contributed by atoms with van der Waals surface area (Å²) in [5, 5.41) is 10.7. The molecule has 0 aliphatic carbocycles. The molecule has 138 valence electrons. The van der Waals surface area contributed by atoms with Crippen LogP contribution in [0.25, 0.3) is 0 Å². The van der Waals surface area contributed by atoms with Crippen LogP contribution in [0.3, 0.4) is 0 Å². The van der Waals surface area contributed by atoms with Gasteiger partial charge in [-0.3, -0.25) is 14.3 Å². The lowest BCUT2D eigenvalue weighted by atomic mass is 10.2. The predicted molar refractivity (Wildman–Crippen MR) is 106 cm³/mol. The van der Waals surface area contributed by atoms with Crippen molar-refractivity contribution < 1.29 is 9.59 Å². The molecule has 1 atom stereocenters. The number of nitrogens with one attached hydrogen (secondary N) is 2. The third kappa shape index (κ3) is 4.87. The van der Waals surface area contributed by atoms with E-state index in [0.29, 0.717) is 21.4 Å². The second kappa shape index (κ2) is 8.24. The van der Waals surface area contributed by atoms with Gasteiger partial charge in [0, 0.05) is 27.6 Å². The highest BCUT2D eigenvalue weighted by Crippen LogP contribution is 2.18. The number of benzene rings is 2. The van der Waals surface area contributed by atoms with Gasteiger partial charge in [0.1, 0.15) is 6.04 Å². The van der Waals surface area contributed by atoms with Gasteiger partial charge < -0.3 is 10.6 Å². The van der Waals surface area contributed by atoms with E-state index in [-0.39, 0.29) is 11.6 Å². The zero-order valence-corrected chi connectivity index (χ0v) is 15.8. The molecule has 3 rings (SSSR count). The van der Waals surface area contributed by atoms with Gasteiger partial charge in [0.2, 0.25) is 5.91 Å². The second-order valence-corrected chi connectivity index (χ2v) is 6.69. The van der Waals surface area contributed by atoms with Gasteiger partial charge in [0.25, 0.3) is 5.91 Å². The van der Waals surface area contributed by atoms with Crippen molar-refractivity contribution in [1.82, 2.24) is 9.78 Å². The van der Waals surface area contributed by atoms with Crippen LogP contribution in [0.2, 0.25) is 10.0 Å².